The Labute approximate surface area is 204 Å². The molecule has 2 aromatic heterocycles. The summed E-state index contributed by atoms with van der Waals surface area (Å²) in [4.78, 5) is 31.1. The molecule has 0 aromatic carbocycles. The number of amides is 1. The Kier molecular flexibility index (Phi) is 8.19. The van der Waals surface area contributed by atoms with Crippen LogP contribution >= 0.6 is 23.1 Å². The summed E-state index contributed by atoms with van der Waals surface area (Å²) in [5, 5.41) is 13.5. The van der Waals surface area contributed by atoms with Crippen LogP contribution in [0, 0.1) is 29.6 Å². The second-order valence-electron chi connectivity index (χ2n) is 9.30. The molecule has 1 aliphatic carbocycles. The summed E-state index contributed by atoms with van der Waals surface area (Å²) in [5.74, 6) is 0.500. The largest absolute Gasteiger partial charge is 0.462 e. The van der Waals surface area contributed by atoms with E-state index in [-0.39, 0.29) is 23.7 Å². The third-order valence-corrected chi connectivity index (χ3v) is 8.07. The van der Waals surface area contributed by atoms with Gasteiger partial charge in [-0.15, -0.1) is 23.1 Å². The molecule has 0 aliphatic heterocycles. The van der Waals surface area contributed by atoms with Crippen LogP contribution in [-0.2, 0) is 22.4 Å². The van der Waals surface area contributed by atoms with Crippen molar-refractivity contribution >= 4 is 40.0 Å². The fourth-order valence-corrected chi connectivity index (χ4v) is 6.28. The maximum absolute atomic E-state index is 12.8. The van der Waals surface area contributed by atoms with E-state index in [2.05, 4.69) is 37.1 Å². The number of nitriles is 1. The number of carbonyl (C=O) groups is 2. The number of thiophene rings is 1. The van der Waals surface area contributed by atoms with Gasteiger partial charge in [-0.05, 0) is 62.1 Å². The number of nitrogens with one attached hydrogen (secondary N) is 1. The predicted octanol–water partition coefficient (Wildman–Crippen LogP) is 5.77. The van der Waals surface area contributed by atoms with Gasteiger partial charge < -0.3 is 10.1 Å². The van der Waals surface area contributed by atoms with Gasteiger partial charge in [-0.3, -0.25) is 4.79 Å². The van der Waals surface area contributed by atoms with E-state index in [1.165, 1.54) is 28.0 Å². The first-order valence-corrected chi connectivity index (χ1v) is 13.1. The van der Waals surface area contributed by atoms with Crippen molar-refractivity contribution in [1.82, 2.24) is 4.98 Å². The van der Waals surface area contributed by atoms with Crippen molar-refractivity contribution in [3.8, 4) is 6.07 Å². The highest BCUT2D eigenvalue weighted by Gasteiger charge is 2.34. The van der Waals surface area contributed by atoms with Crippen LogP contribution in [-0.4, -0.2) is 29.2 Å². The molecule has 0 bridgehead atoms. The van der Waals surface area contributed by atoms with Gasteiger partial charge in [0.25, 0.3) is 0 Å². The number of pyridine rings is 1. The normalized spacial score (nSPS) is 15.5. The molecule has 0 fully saturated rings. The van der Waals surface area contributed by atoms with Gasteiger partial charge in [-0.1, -0.05) is 20.8 Å². The molecule has 6 nitrogen and oxygen atoms in total. The van der Waals surface area contributed by atoms with Crippen LogP contribution in [0.4, 0.5) is 5.00 Å². The van der Waals surface area contributed by atoms with Gasteiger partial charge in [0.2, 0.25) is 5.91 Å². The standard InChI is InChI=1S/C25H31N3O3S2/c1-6-31-24(30)21-18-10-9-17(25(3,4)5)13-19(18)33-23(21)28-20(29)11-12-32-22-16(14-26)8-7-15(2)27-22/h7-8,17H,6,9-13H2,1-5H3,(H,28,29). The van der Waals surface area contributed by atoms with Crippen LogP contribution in [0.5, 0.6) is 0 Å². The Bertz CT molecular complexity index is 1080. The molecule has 0 radical (unpaired) electrons. The van der Waals surface area contributed by atoms with Gasteiger partial charge in [-0.2, -0.15) is 5.26 Å². The van der Waals surface area contributed by atoms with Crippen LogP contribution in [0.3, 0.4) is 0 Å². The Balaban J connectivity index is 1.73. The molecule has 33 heavy (non-hydrogen) atoms. The summed E-state index contributed by atoms with van der Waals surface area (Å²) in [7, 11) is 0. The van der Waals surface area contributed by atoms with Crippen molar-refractivity contribution in [1.29, 1.82) is 5.26 Å². The Morgan fingerprint density at radius 2 is 2.12 bits per heavy atom. The van der Waals surface area contributed by atoms with Gasteiger partial charge in [0.05, 0.1) is 17.7 Å². The fraction of sp³-hybridized carbons (Fsp3) is 0.520. The topological polar surface area (TPSA) is 92.1 Å². The number of carbonyl (C=O) groups excluding carboxylic acids is 2. The zero-order chi connectivity index (χ0) is 24.2. The number of nitrogens with zero attached hydrogens (tertiary/aromatic N) is 2. The SMILES string of the molecule is CCOC(=O)c1c(NC(=O)CCSc2nc(C)ccc2C#N)sc2c1CCC(C(C)(C)C)C2. The van der Waals surface area contributed by atoms with Crippen LogP contribution < -0.4 is 5.32 Å². The lowest BCUT2D eigenvalue weighted by atomic mass is 9.72. The Morgan fingerprint density at radius 1 is 1.36 bits per heavy atom. The number of hydrogen-bond donors (Lipinski definition) is 1. The van der Waals surface area contributed by atoms with Crippen molar-refractivity contribution in [2.75, 3.05) is 17.7 Å². The quantitative estimate of drug-likeness (QED) is 0.395. The molecule has 0 spiro atoms. The van der Waals surface area contributed by atoms with Crippen LogP contribution in [0.1, 0.15) is 72.6 Å². The van der Waals surface area contributed by atoms with E-state index in [1.807, 2.05) is 6.92 Å². The first-order chi connectivity index (χ1) is 15.6. The van der Waals surface area contributed by atoms with Gasteiger partial charge in [0, 0.05) is 22.7 Å². The minimum atomic E-state index is -0.364. The summed E-state index contributed by atoms with van der Waals surface area (Å²) in [5.41, 5.74) is 3.09. The highest BCUT2D eigenvalue weighted by Crippen LogP contribution is 2.44. The van der Waals surface area contributed by atoms with Crippen molar-refractivity contribution < 1.29 is 14.3 Å². The number of aromatic nitrogens is 1. The van der Waals surface area contributed by atoms with E-state index in [1.54, 1.807) is 19.1 Å². The summed E-state index contributed by atoms with van der Waals surface area (Å²) >= 11 is 2.90. The Hall–Kier alpha value is -2.37. The van der Waals surface area contributed by atoms with Gasteiger partial charge >= 0.3 is 5.97 Å². The maximum atomic E-state index is 12.8. The van der Waals surface area contributed by atoms with E-state index in [0.717, 1.165) is 30.5 Å². The minimum Gasteiger partial charge on any atom is -0.462 e. The molecule has 2 aromatic rings. The van der Waals surface area contributed by atoms with Crippen LogP contribution in [0.25, 0.3) is 0 Å². The van der Waals surface area contributed by atoms with Crippen LogP contribution in [0.2, 0.25) is 0 Å². The average molecular weight is 486 g/mol. The number of ether oxygens (including phenoxy) is 1. The zero-order valence-electron chi connectivity index (χ0n) is 19.9. The number of anilines is 1. The smallest absolute Gasteiger partial charge is 0.341 e. The van der Waals surface area contributed by atoms with Crippen molar-refractivity contribution in [3.63, 3.8) is 0 Å². The summed E-state index contributed by atoms with van der Waals surface area (Å²) in [6, 6.07) is 5.69. The van der Waals surface area contributed by atoms with E-state index in [9.17, 15) is 14.9 Å². The number of esters is 1. The monoisotopic (exact) mass is 485 g/mol. The first-order valence-electron chi connectivity index (χ1n) is 11.3. The van der Waals surface area contributed by atoms with Crippen LogP contribution in [0.15, 0.2) is 17.2 Å². The number of fused-ring (bicyclic) bond motifs is 1. The molecule has 0 saturated heterocycles. The highest BCUT2D eigenvalue weighted by atomic mass is 32.2. The summed E-state index contributed by atoms with van der Waals surface area (Å²) in [6.07, 6.45) is 3.01. The third kappa shape index (κ3) is 6.15. The number of rotatable bonds is 7. The van der Waals surface area contributed by atoms with E-state index < -0.39 is 0 Å². The minimum absolute atomic E-state index is 0.162. The van der Waals surface area contributed by atoms with Crippen molar-refractivity contribution in [3.05, 3.63) is 39.4 Å². The lowest BCUT2D eigenvalue weighted by Crippen LogP contribution is -2.26. The molecule has 0 saturated carbocycles. The molecule has 8 heteroatoms. The van der Waals surface area contributed by atoms with E-state index >= 15 is 0 Å². The molecule has 3 rings (SSSR count). The average Bonchev–Trinajstić information content (AvgIpc) is 3.10. The summed E-state index contributed by atoms with van der Waals surface area (Å²) in [6.45, 7) is 10.7. The van der Waals surface area contributed by atoms with Gasteiger partial charge in [-0.25, -0.2) is 9.78 Å². The molecular weight excluding hydrogens is 454 g/mol. The van der Waals surface area contributed by atoms with Gasteiger partial charge in [0.1, 0.15) is 16.1 Å². The Morgan fingerprint density at radius 3 is 2.79 bits per heavy atom. The molecule has 1 unspecified atom stereocenters. The lowest BCUT2D eigenvalue weighted by Gasteiger charge is -2.33. The van der Waals surface area contributed by atoms with E-state index in [0.29, 0.717) is 39.4 Å². The zero-order valence-corrected chi connectivity index (χ0v) is 21.5. The molecule has 1 N–H and O–H groups in total. The predicted molar refractivity (Wildman–Crippen MR) is 133 cm³/mol. The molecule has 1 atom stereocenters. The second kappa shape index (κ2) is 10.7. The highest BCUT2D eigenvalue weighted by molar-refractivity contribution is 7.99. The van der Waals surface area contributed by atoms with Crippen molar-refractivity contribution in [2.45, 2.75) is 65.3 Å². The summed E-state index contributed by atoms with van der Waals surface area (Å²) < 4.78 is 5.32. The first kappa shape index (κ1) is 25.3. The van der Waals surface area contributed by atoms with E-state index in [4.69, 9.17) is 4.74 Å². The number of thioether (sulfide) groups is 1. The molecule has 2 heterocycles. The molecule has 1 amide bonds. The molecular formula is C25H31N3O3S2. The second-order valence-corrected chi connectivity index (χ2v) is 11.5. The fourth-order valence-electron chi connectivity index (χ4n) is 3.99. The number of hydrogen-bond acceptors (Lipinski definition) is 7. The number of aryl methyl sites for hydroxylation is 1. The lowest BCUT2D eigenvalue weighted by molar-refractivity contribution is -0.115. The van der Waals surface area contributed by atoms with Gasteiger partial charge in [0.15, 0.2) is 0 Å². The van der Waals surface area contributed by atoms with Crippen molar-refractivity contribution in [2.24, 2.45) is 11.3 Å². The molecule has 176 valence electrons. The maximum Gasteiger partial charge on any atom is 0.341 e. The third-order valence-electron chi connectivity index (χ3n) is 5.91. The molecule has 1 aliphatic rings.